The highest BCUT2D eigenvalue weighted by atomic mass is 16.2. The summed E-state index contributed by atoms with van der Waals surface area (Å²) in [7, 11) is 1.58. The van der Waals surface area contributed by atoms with Gasteiger partial charge >= 0.3 is 5.69 Å². The lowest BCUT2D eigenvalue weighted by atomic mass is 9.91. The van der Waals surface area contributed by atoms with Crippen molar-refractivity contribution in [1.82, 2.24) is 24.8 Å². The van der Waals surface area contributed by atoms with Gasteiger partial charge in [0, 0.05) is 24.4 Å². The zero-order chi connectivity index (χ0) is 13.3. The highest BCUT2D eigenvalue weighted by Gasteiger charge is 2.14. The van der Waals surface area contributed by atoms with E-state index in [0.29, 0.717) is 6.54 Å². The Kier molecular flexibility index (Phi) is 3.02. The van der Waals surface area contributed by atoms with Gasteiger partial charge in [0.1, 0.15) is 0 Å². The molecule has 0 radical (unpaired) electrons. The van der Waals surface area contributed by atoms with E-state index in [2.05, 4.69) is 36.2 Å². The second-order valence-electron chi connectivity index (χ2n) is 5.34. The zero-order valence-electron chi connectivity index (χ0n) is 11.1. The van der Waals surface area contributed by atoms with Gasteiger partial charge in [0.2, 0.25) is 0 Å². The van der Waals surface area contributed by atoms with Crippen molar-refractivity contribution in [3.8, 4) is 0 Å². The summed E-state index contributed by atoms with van der Waals surface area (Å²) in [5, 5.41) is 7.44. The van der Waals surface area contributed by atoms with Gasteiger partial charge in [-0.2, -0.15) is 9.36 Å². The molecule has 2 heterocycles. The van der Waals surface area contributed by atoms with Gasteiger partial charge in [-0.25, -0.2) is 4.79 Å². The smallest absolute Gasteiger partial charge is 0.260 e. The van der Waals surface area contributed by atoms with Gasteiger partial charge in [0.05, 0.1) is 6.54 Å². The molecule has 0 saturated carbocycles. The van der Waals surface area contributed by atoms with Crippen molar-refractivity contribution in [2.75, 3.05) is 0 Å². The Morgan fingerprint density at radius 1 is 1.22 bits per heavy atom. The van der Waals surface area contributed by atoms with Crippen LogP contribution in [0.4, 0.5) is 0 Å². The maximum Gasteiger partial charge on any atom is 0.363 e. The van der Waals surface area contributed by atoms with E-state index in [1.54, 1.807) is 13.2 Å². The van der Waals surface area contributed by atoms with Crippen molar-refractivity contribution < 1.29 is 0 Å². The van der Waals surface area contributed by atoms with Crippen LogP contribution in [0.2, 0.25) is 0 Å². The molecule has 0 spiro atoms. The molecule has 18 heavy (non-hydrogen) atoms. The first-order valence-corrected chi connectivity index (χ1v) is 5.80. The van der Waals surface area contributed by atoms with Crippen LogP contribution in [0, 0.1) is 0 Å². The molecular formula is C12H17N5O. The predicted octanol–water partition coefficient (Wildman–Crippen LogP) is 0.718. The van der Waals surface area contributed by atoms with Crippen molar-refractivity contribution in [1.29, 1.82) is 0 Å². The number of hydrogen-bond donors (Lipinski definition) is 0. The fraction of sp³-hybridized carbons (Fsp3) is 0.500. The standard InChI is InChI=1S/C12H17N5O/c1-12(2,3)10-6-5-9(7-13-10)8-17-11(18)16(4)14-15-17/h5-7H,8H2,1-4H3. The monoisotopic (exact) mass is 247 g/mol. The number of rotatable bonds is 2. The molecule has 0 aliphatic carbocycles. The highest BCUT2D eigenvalue weighted by molar-refractivity contribution is 5.19. The molecule has 0 bridgehead atoms. The predicted molar refractivity (Wildman–Crippen MR) is 67.3 cm³/mol. The van der Waals surface area contributed by atoms with E-state index in [1.807, 2.05) is 12.1 Å². The van der Waals surface area contributed by atoms with Crippen LogP contribution in [0.5, 0.6) is 0 Å². The average Bonchev–Trinajstić information content (AvgIpc) is 2.61. The lowest BCUT2D eigenvalue weighted by molar-refractivity contribution is 0.566. The van der Waals surface area contributed by atoms with E-state index >= 15 is 0 Å². The molecule has 0 fully saturated rings. The van der Waals surface area contributed by atoms with Crippen LogP contribution in [0.3, 0.4) is 0 Å². The molecule has 6 heteroatoms. The van der Waals surface area contributed by atoms with Crippen molar-refractivity contribution in [2.45, 2.75) is 32.7 Å². The second kappa shape index (κ2) is 4.36. The molecule has 96 valence electrons. The molecule has 0 saturated heterocycles. The molecule has 2 aromatic rings. The van der Waals surface area contributed by atoms with Crippen LogP contribution in [-0.4, -0.2) is 24.8 Å². The van der Waals surface area contributed by atoms with Gasteiger partial charge in [0.15, 0.2) is 0 Å². The first kappa shape index (κ1) is 12.5. The van der Waals surface area contributed by atoms with Crippen LogP contribution in [0.15, 0.2) is 23.1 Å². The Balaban J connectivity index is 2.21. The largest absolute Gasteiger partial charge is 0.363 e. The van der Waals surface area contributed by atoms with Crippen LogP contribution in [0.1, 0.15) is 32.0 Å². The average molecular weight is 247 g/mol. The molecule has 0 aliphatic rings. The fourth-order valence-corrected chi connectivity index (χ4v) is 1.59. The second-order valence-corrected chi connectivity index (χ2v) is 5.34. The summed E-state index contributed by atoms with van der Waals surface area (Å²) in [5.74, 6) is 0. The molecule has 0 unspecified atom stereocenters. The van der Waals surface area contributed by atoms with Crippen molar-refractivity contribution in [3.05, 3.63) is 40.1 Å². The van der Waals surface area contributed by atoms with Crippen molar-refractivity contribution in [3.63, 3.8) is 0 Å². The maximum atomic E-state index is 11.6. The first-order valence-electron chi connectivity index (χ1n) is 5.80. The quantitative estimate of drug-likeness (QED) is 0.784. The Morgan fingerprint density at radius 3 is 2.39 bits per heavy atom. The third-order valence-corrected chi connectivity index (χ3v) is 2.71. The van der Waals surface area contributed by atoms with Gasteiger partial charge in [-0.15, -0.1) is 0 Å². The Hall–Kier alpha value is -1.98. The van der Waals surface area contributed by atoms with Gasteiger partial charge in [-0.05, 0) is 22.1 Å². The maximum absolute atomic E-state index is 11.6. The van der Waals surface area contributed by atoms with E-state index in [9.17, 15) is 4.79 Å². The minimum absolute atomic E-state index is 0.0297. The van der Waals surface area contributed by atoms with Gasteiger partial charge in [0.25, 0.3) is 0 Å². The molecule has 0 atom stereocenters. The molecular weight excluding hydrogens is 230 g/mol. The fourth-order valence-electron chi connectivity index (χ4n) is 1.59. The number of nitrogens with zero attached hydrogens (tertiary/aromatic N) is 5. The summed E-state index contributed by atoms with van der Waals surface area (Å²) in [6, 6.07) is 3.95. The van der Waals surface area contributed by atoms with Gasteiger partial charge < -0.3 is 0 Å². The molecule has 6 nitrogen and oxygen atoms in total. The van der Waals surface area contributed by atoms with Gasteiger partial charge in [-0.3, -0.25) is 4.98 Å². The number of aryl methyl sites for hydroxylation is 1. The van der Waals surface area contributed by atoms with Crippen LogP contribution >= 0.6 is 0 Å². The summed E-state index contributed by atoms with van der Waals surface area (Å²) in [4.78, 5) is 16.0. The lowest BCUT2D eigenvalue weighted by Crippen LogP contribution is -2.24. The third kappa shape index (κ3) is 2.47. The Bertz CT molecular complexity index is 588. The molecule has 0 aromatic carbocycles. The van der Waals surface area contributed by atoms with Crippen LogP contribution < -0.4 is 5.69 Å². The zero-order valence-corrected chi connectivity index (χ0v) is 11.1. The highest BCUT2D eigenvalue weighted by Crippen LogP contribution is 2.19. The lowest BCUT2D eigenvalue weighted by Gasteiger charge is -2.17. The first-order chi connectivity index (χ1) is 8.38. The SMILES string of the molecule is Cn1nnn(Cc2ccc(C(C)(C)C)nc2)c1=O. The summed E-state index contributed by atoms with van der Waals surface area (Å²) >= 11 is 0. The van der Waals surface area contributed by atoms with E-state index in [0.717, 1.165) is 11.3 Å². The van der Waals surface area contributed by atoms with Crippen molar-refractivity contribution in [2.24, 2.45) is 7.05 Å². The van der Waals surface area contributed by atoms with E-state index < -0.39 is 0 Å². The van der Waals surface area contributed by atoms with Crippen LogP contribution in [0.25, 0.3) is 0 Å². The summed E-state index contributed by atoms with van der Waals surface area (Å²) < 4.78 is 2.52. The molecule has 2 rings (SSSR count). The Morgan fingerprint density at radius 2 is 1.94 bits per heavy atom. The van der Waals surface area contributed by atoms with E-state index in [4.69, 9.17) is 0 Å². The topological polar surface area (TPSA) is 65.6 Å². The molecule has 0 aliphatic heterocycles. The summed E-state index contributed by atoms with van der Waals surface area (Å²) in [6.45, 7) is 6.73. The normalized spacial score (nSPS) is 11.8. The third-order valence-electron chi connectivity index (χ3n) is 2.71. The molecule has 2 aromatic heterocycles. The summed E-state index contributed by atoms with van der Waals surface area (Å²) in [6.07, 6.45) is 1.78. The number of aromatic nitrogens is 5. The molecule has 0 N–H and O–H groups in total. The van der Waals surface area contributed by atoms with Crippen LogP contribution in [-0.2, 0) is 19.0 Å². The molecule has 0 amide bonds. The minimum atomic E-state index is -0.227. The van der Waals surface area contributed by atoms with Crippen molar-refractivity contribution >= 4 is 0 Å². The van der Waals surface area contributed by atoms with Gasteiger partial charge in [-0.1, -0.05) is 26.8 Å². The van der Waals surface area contributed by atoms with E-state index in [1.165, 1.54) is 9.36 Å². The minimum Gasteiger partial charge on any atom is -0.260 e. The number of tetrazole rings is 1. The number of hydrogen-bond acceptors (Lipinski definition) is 4. The number of pyridine rings is 1. The Labute approximate surface area is 105 Å². The van der Waals surface area contributed by atoms with E-state index in [-0.39, 0.29) is 11.1 Å². The summed E-state index contributed by atoms with van der Waals surface area (Å²) in [5.41, 5.74) is 1.76.